The van der Waals surface area contributed by atoms with Crippen molar-refractivity contribution in [1.82, 2.24) is 20.4 Å². The van der Waals surface area contributed by atoms with Gasteiger partial charge in [0, 0.05) is 36.1 Å². The molecule has 0 radical (unpaired) electrons. The fourth-order valence-electron chi connectivity index (χ4n) is 5.06. The highest BCUT2D eigenvalue weighted by Gasteiger charge is 2.40. The Kier molecular flexibility index (Phi) is 6.28. The molecule has 4 heterocycles. The van der Waals surface area contributed by atoms with Gasteiger partial charge in [-0.05, 0) is 36.6 Å². The van der Waals surface area contributed by atoms with Crippen LogP contribution in [0.15, 0.2) is 42.5 Å². The number of imide groups is 2. The molecule has 2 fully saturated rings. The molecular weight excluding hydrogens is 483 g/mol. The molecule has 2 aromatic rings. The number of carbonyl (C=O) groups is 6. The first-order chi connectivity index (χ1) is 17.7. The van der Waals surface area contributed by atoms with E-state index in [1.165, 1.54) is 17.0 Å². The zero-order valence-corrected chi connectivity index (χ0v) is 19.7. The van der Waals surface area contributed by atoms with Crippen molar-refractivity contribution in [2.24, 2.45) is 0 Å². The minimum absolute atomic E-state index is 0.0765. The molecule has 2 saturated heterocycles. The summed E-state index contributed by atoms with van der Waals surface area (Å²) in [7, 11) is 0. The number of hydrogen-bond acceptors (Lipinski definition) is 6. The second-order valence-electron chi connectivity index (χ2n) is 9.22. The predicted octanol–water partition coefficient (Wildman–Crippen LogP) is 1.03. The molecule has 6 rings (SSSR count). The summed E-state index contributed by atoms with van der Waals surface area (Å²) >= 11 is 0. The van der Waals surface area contributed by atoms with E-state index in [1.807, 2.05) is 18.2 Å². The maximum atomic E-state index is 13.6. The molecule has 0 aromatic heterocycles. The minimum Gasteiger partial charge on any atom is -0.322 e. The summed E-state index contributed by atoms with van der Waals surface area (Å²) in [5.41, 5.74) is 2.20. The van der Waals surface area contributed by atoms with Crippen LogP contribution in [-0.2, 0) is 32.3 Å². The average Bonchev–Trinajstić information content (AvgIpc) is 3.38. The number of piperidine rings is 2. The molecule has 2 aromatic carbocycles. The van der Waals surface area contributed by atoms with E-state index in [0.29, 0.717) is 29.7 Å². The Balaban J connectivity index is 0.000000152. The zero-order valence-electron chi connectivity index (χ0n) is 19.7. The first-order valence-electron chi connectivity index (χ1n) is 11.9. The lowest BCUT2D eigenvalue weighted by Crippen LogP contribution is -2.52. The van der Waals surface area contributed by atoms with Gasteiger partial charge in [-0.15, -0.1) is 0 Å². The van der Waals surface area contributed by atoms with Gasteiger partial charge in [0.2, 0.25) is 23.6 Å². The van der Waals surface area contributed by atoms with Gasteiger partial charge in [0.1, 0.15) is 17.9 Å². The first kappa shape index (κ1) is 24.3. The molecule has 6 amide bonds. The van der Waals surface area contributed by atoms with Gasteiger partial charge in [-0.2, -0.15) is 0 Å². The number of nitrogens with one attached hydrogen (secondary N) is 2. The lowest BCUT2D eigenvalue weighted by molar-refractivity contribution is -0.138. The zero-order chi connectivity index (χ0) is 26.3. The van der Waals surface area contributed by atoms with Crippen molar-refractivity contribution in [3.8, 4) is 0 Å². The van der Waals surface area contributed by atoms with Gasteiger partial charge in [-0.1, -0.05) is 24.3 Å². The third-order valence-electron chi connectivity index (χ3n) is 6.96. The van der Waals surface area contributed by atoms with E-state index in [2.05, 4.69) is 10.6 Å². The van der Waals surface area contributed by atoms with E-state index in [4.69, 9.17) is 0 Å². The molecule has 0 bridgehead atoms. The summed E-state index contributed by atoms with van der Waals surface area (Å²) in [5.74, 6) is -2.38. The number of hydrogen-bond donors (Lipinski definition) is 2. The summed E-state index contributed by atoms with van der Waals surface area (Å²) < 4.78 is 13.6. The van der Waals surface area contributed by atoms with Gasteiger partial charge < -0.3 is 9.80 Å². The minimum atomic E-state index is -0.697. The lowest BCUT2D eigenvalue weighted by Gasteiger charge is -2.29. The van der Waals surface area contributed by atoms with Gasteiger partial charge in [0.15, 0.2) is 0 Å². The highest BCUT2D eigenvalue weighted by molar-refractivity contribution is 6.06. The molecule has 2 N–H and O–H groups in total. The van der Waals surface area contributed by atoms with Crippen LogP contribution in [0.1, 0.15) is 57.5 Å². The molecule has 2 atom stereocenters. The predicted molar refractivity (Wildman–Crippen MR) is 125 cm³/mol. The number of rotatable bonds is 2. The lowest BCUT2D eigenvalue weighted by atomic mass is 10.0. The van der Waals surface area contributed by atoms with Crippen molar-refractivity contribution < 1.29 is 33.2 Å². The van der Waals surface area contributed by atoms with Crippen LogP contribution < -0.4 is 10.6 Å². The van der Waals surface area contributed by atoms with Crippen molar-refractivity contribution in [2.45, 2.75) is 50.9 Å². The van der Waals surface area contributed by atoms with Crippen LogP contribution in [-0.4, -0.2) is 57.3 Å². The molecule has 190 valence electrons. The number of benzene rings is 2. The number of fused-ring (bicyclic) bond motifs is 2. The van der Waals surface area contributed by atoms with Gasteiger partial charge in [-0.3, -0.25) is 39.4 Å². The Hall–Kier alpha value is -4.41. The normalized spacial score (nSPS) is 22.7. The third kappa shape index (κ3) is 4.48. The Morgan fingerprint density at radius 2 is 1.22 bits per heavy atom. The molecule has 4 aliphatic rings. The molecular formula is C26H23FN4O6. The number of carbonyl (C=O) groups excluding carboxylic acids is 6. The van der Waals surface area contributed by atoms with Crippen LogP contribution in [0, 0.1) is 5.82 Å². The van der Waals surface area contributed by atoms with Crippen molar-refractivity contribution >= 4 is 35.4 Å². The first-order valence-corrected chi connectivity index (χ1v) is 11.9. The average molecular weight is 506 g/mol. The van der Waals surface area contributed by atoms with Crippen molar-refractivity contribution in [3.05, 3.63) is 70.5 Å². The third-order valence-corrected chi connectivity index (χ3v) is 6.96. The molecule has 4 aliphatic heterocycles. The topological polar surface area (TPSA) is 133 Å². The van der Waals surface area contributed by atoms with Gasteiger partial charge in [0.05, 0.1) is 6.54 Å². The van der Waals surface area contributed by atoms with Gasteiger partial charge >= 0.3 is 0 Å². The van der Waals surface area contributed by atoms with E-state index in [9.17, 15) is 33.2 Å². The highest BCUT2D eigenvalue weighted by Crippen LogP contribution is 2.29. The molecule has 37 heavy (non-hydrogen) atoms. The van der Waals surface area contributed by atoms with Gasteiger partial charge in [0.25, 0.3) is 11.8 Å². The molecule has 0 saturated carbocycles. The summed E-state index contributed by atoms with van der Waals surface area (Å²) in [5, 5.41) is 4.48. The van der Waals surface area contributed by atoms with Crippen LogP contribution >= 0.6 is 0 Å². The van der Waals surface area contributed by atoms with Crippen LogP contribution in [0.2, 0.25) is 0 Å². The maximum Gasteiger partial charge on any atom is 0.255 e. The molecule has 10 nitrogen and oxygen atoms in total. The monoisotopic (exact) mass is 506 g/mol. The SMILES string of the molecule is O=C1CCC(N2Cc3c(F)cccc3C2=O)C(=O)N1.O=C1CCC(N2Cc3ccccc3C2=O)C(=O)N1. The maximum absolute atomic E-state index is 13.6. The van der Waals surface area contributed by atoms with E-state index >= 15 is 0 Å². The standard InChI is InChI=1S/C13H11FN2O3.C13H12N2O3/c14-9-3-1-2-7-8(9)6-16(13(7)19)10-4-5-11(17)15-12(10)18;16-11-6-5-10(12(17)14-11)15-7-8-3-1-2-4-9(8)13(15)18/h1-3,10H,4-6H2,(H,15,17,18);1-4,10H,5-7H2,(H,14,16,17). The van der Waals surface area contributed by atoms with Gasteiger partial charge in [-0.25, -0.2) is 4.39 Å². The van der Waals surface area contributed by atoms with E-state index in [-0.39, 0.29) is 55.3 Å². The van der Waals surface area contributed by atoms with E-state index < -0.39 is 23.8 Å². The van der Waals surface area contributed by atoms with Crippen molar-refractivity contribution in [3.63, 3.8) is 0 Å². The number of amides is 6. The van der Waals surface area contributed by atoms with Crippen LogP contribution in [0.5, 0.6) is 0 Å². The fourth-order valence-corrected chi connectivity index (χ4v) is 5.06. The van der Waals surface area contributed by atoms with Crippen molar-refractivity contribution in [2.75, 3.05) is 0 Å². The van der Waals surface area contributed by atoms with Crippen LogP contribution in [0.4, 0.5) is 4.39 Å². The largest absolute Gasteiger partial charge is 0.322 e. The second-order valence-corrected chi connectivity index (χ2v) is 9.22. The Morgan fingerprint density at radius 3 is 1.78 bits per heavy atom. The van der Waals surface area contributed by atoms with E-state index in [1.54, 1.807) is 17.0 Å². The van der Waals surface area contributed by atoms with Crippen LogP contribution in [0.25, 0.3) is 0 Å². The fraction of sp³-hybridized carbons (Fsp3) is 0.308. The Morgan fingerprint density at radius 1 is 0.676 bits per heavy atom. The van der Waals surface area contributed by atoms with E-state index in [0.717, 1.165) is 5.56 Å². The number of nitrogens with zero attached hydrogens (tertiary/aromatic N) is 2. The second kappa shape index (κ2) is 9.57. The van der Waals surface area contributed by atoms with Crippen LogP contribution in [0.3, 0.4) is 0 Å². The Labute approximate surface area is 210 Å². The number of halogens is 1. The summed E-state index contributed by atoms with van der Waals surface area (Å²) in [6.07, 6.45) is 1.17. The summed E-state index contributed by atoms with van der Waals surface area (Å²) in [6, 6.07) is 10.4. The summed E-state index contributed by atoms with van der Waals surface area (Å²) in [6.45, 7) is 0.522. The molecule has 2 unspecified atom stereocenters. The highest BCUT2D eigenvalue weighted by atomic mass is 19.1. The Bertz CT molecular complexity index is 1360. The smallest absolute Gasteiger partial charge is 0.255 e. The molecule has 0 spiro atoms. The van der Waals surface area contributed by atoms with Crippen molar-refractivity contribution in [1.29, 1.82) is 0 Å². The molecule has 0 aliphatic carbocycles. The molecule has 11 heteroatoms. The quantitative estimate of drug-likeness (QED) is 0.585. The summed E-state index contributed by atoms with van der Waals surface area (Å²) in [4.78, 5) is 72.9.